The summed E-state index contributed by atoms with van der Waals surface area (Å²) < 4.78 is 5.51. The second-order valence-corrected chi connectivity index (χ2v) is 5.30. The molecule has 1 aromatic rings. The van der Waals surface area contributed by atoms with Crippen LogP contribution in [0, 0.1) is 12.8 Å². The van der Waals surface area contributed by atoms with Crippen LogP contribution in [0.4, 0.5) is 0 Å². The van der Waals surface area contributed by atoms with Gasteiger partial charge in [0.25, 0.3) is 5.91 Å². The van der Waals surface area contributed by atoms with Gasteiger partial charge in [-0.3, -0.25) is 4.79 Å². The van der Waals surface area contributed by atoms with E-state index in [1.54, 1.807) is 0 Å². The Balaban J connectivity index is 2.51. The molecule has 1 aromatic carbocycles. The number of ether oxygens (including phenoxy) is 1. The maximum atomic E-state index is 11.6. The van der Waals surface area contributed by atoms with Crippen LogP contribution in [0.1, 0.15) is 37.9 Å². The minimum Gasteiger partial charge on any atom is -0.484 e. The number of hydrogen-bond acceptors (Lipinski definition) is 3. The molecule has 1 rings (SSSR count). The Morgan fingerprint density at radius 1 is 1.37 bits per heavy atom. The molecule has 0 aliphatic rings. The van der Waals surface area contributed by atoms with Crippen LogP contribution in [0.5, 0.6) is 5.75 Å². The fourth-order valence-corrected chi connectivity index (χ4v) is 1.63. The number of nitrogens with one attached hydrogen (secondary N) is 1. The minimum atomic E-state index is -0.0932. The lowest BCUT2D eigenvalue weighted by molar-refractivity contribution is -0.123. The standard InChI is InChI=1S/C15H24N2O2/c1-10(2)8-17-15(18)9-19-14-6-5-13(12(4)16)7-11(14)3/h5-7,10,12H,8-9,16H2,1-4H3,(H,17,18)/t12-/m1/s1. The molecule has 0 bridgehead atoms. The fraction of sp³-hybridized carbons (Fsp3) is 0.533. The lowest BCUT2D eigenvalue weighted by Gasteiger charge is -2.13. The maximum absolute atomic E-state index is 11.6. The van der Waals surface area contributed by atoms with Crippen molar-refractivity contribution in [1.29, 1.82) is 0 Å². The summed E-state index contributed by atoms with van der Waals surface area (Å²) in [7, 11) is 0. The van der Waals surface area contributed by atoms with Crippen LogP contribution in [0.2, 0.25) is 0 Å². The lowest BCUT2D eigenvalue weighted by Crippen LogP contribution is -2.31. The van der Waals surface area contributed by atoms with E-state index in [9.17, 15) is 4.79 Å². The van der Waals surface area contributed by atoms with Crippen molar-refractivity contribution in [2.45, 2.75) is 33.7 Å². The highest BCUT2D eigenvalue weighted by atomic mass is 16.5. The van der Waals surface area contributed by atoms with E-state index in [4.69, 9.17) is 10.5 Å². The summed E-state index contributed by atoms with van der Waals surface area (Å²) in [4.78, 5) is 11.6. The average molecular weight is 264 g/mol. The second-order valence-electron chi connectivity index (χ2n) is 5.30. The first-order chi connectivity index (χ1) is 8.90. The smallest absolute Gasteiger partial charge is 0.257 e. The van der Waals surface area contributed by atoms with E-state index in [1.165, 1.54) is 0 Å². The zero-order chi connectivity index (χ0) is 14.4. The highest BCUT2D eigenvalue weighted by Crippen LogP contribution is 2.21. The summed E-state index contributed by atoms with van der Waals surface area (Å²) in [6.07, 6.45) is 0. The summed E-state index contributed by atoms with van der Waals surface area (Å²) in [5.41, 5.74) is 7.87. The van der Waals surface area contributed by atoms with Crippen LogP contribution < -0.4 is 15.8 Å². The molecule has 0 saturated heterocycles. The number of rotatable bonds is 6. The molecule has 0 saturated carbocycles. The predicted octanol–water partition coefficient (Wildman–Crippen LogP) is 2.17. The van der Waals surface area contributed by atoms with Gasteiger partial charge in [0.1, 0.15) is 5.75 Å². The lowest BCUT2D eigenvalue weighted by atomic mass is 10.1. The number of nitrogens with two attached hydrogens (primary N) is 1. The van der Waals surface area contributed by atoms with E-state index in [-0.39, 0.29) is 18.6 Å². The molecular formula is C15H24N2O2. The monoisotopic (exact) mass is 264 g/mol. The third kappa shape index (κ3) is 5.30. The van der Waals surface area contributed by atoms with Gasteiger partial charge in [0.15, 0.2) is 6.61 Å². The van der Waals surface area contributed by atoms with Crippen LogP contribution in [0.25, 0.3) is 0 Å². The normalized spacial score (nSPS) is 12.3. The summed E-state index contributed by atoms with van der Waals surface area (Å²) in [5, 5.41) is 2.82. The topological polar surface area (TPSA) is 64.3 Å². The maximum Gasteiger partial charge on any atom is 0.257 e. The SMILES string of the molecule is Cc1cc([C@@H](C)N)ccc1OCC(=O)NCC(C)C. The highest BCUT2D eigenvalue weighted by Gasteiger charge is 2.07. The summed E-state index contributed by atoms with van der Waals surface area (Å²) in [5.74, 6) is 1.07. The van der Waals surface area contributed by atoms with Gasteiger partial charge in [-0.15, -0.1) is 0 Å². The highest BCUT2D eigenvalue weighted by molar-refractivity contribution is 5.77. The summed E-state index contributed by atoms with van der Waals surface area (Å²) in [6, 6.07) is 5.79. The summed E-state index contributed by atoms with van der Waals surface area (Å²) in [6.45, 7) is 8.72. The number of hydrogen-bond donors (Lipinski definition) is 2. The van der Waals surface area contributed by atoms with Crippen molar-refractivity contribution in [2.75, 3.05) is 13.2 Å². The number of amides is 1. The Bertz CT molecular complexity index is 428. The zero-order valence-electron chi connectivity index (χ0n) is 12.2. The van der Waals surface area contributed by atoms with E-state index in [2.05, 4.69) is 19.2 Å². The first-order valence-corrected chi connectivity index (χ1v) is 6.65. The Morgan fingerprint density at radius 3 is 2.58 bits per heavy atom. The Labute approximate surface area is 115 Å². The van der Waals surface area contributed by atoms with Gasteiger partial charge < -0.3 is 15.8 Å². The van der Waals surface area contributed by atoms with Gasteiger partial charge in [-0.05, 0) is 37.0 Å². The van der Waals surface area contributed by atoms with Crippen LogP contribution in [-0.4, -0.2) is 19.1 Å². The van der Waals surface area contributed by atoms with Crippen LogP contribution in [0.3, 0.4) is 0 Å². The van der Waals surface area contributed by atoms with E-state index in [1.807, 2.05) is 32.0 Å². The van der Waals surface area contributed by atoms with Crippen molar-refractivity contribution >= 4 is 5.91 Å². The number of aryl methyl sites for hydroxylation is 1. The first-order valence-electron chi connectivity index (χ1n) is 6.65. The quantitative estimate of drug-likeness (QED) is 0.827. The molecule has 4 heteroatoms. The molecule has 4 nitrogen and oxygen atoms in total. The molecule has 0 heterocycles. The van der Waals surface area contributed by atoms with Crippen molar-refractivity contribution in [1.82, 2.24) is 5.32 Å². The number of benzene rings is 1. The van der Waals surface area contributed by atoms with E-state index in [0.717, 1.165) is 16.9 Å². The van der Waals surface area contributed by atoms with Gasteiger partial charge in [0.2, 0.25) is 0 Å². The minimum absolute atomic E-state index is 0.00194. The molecule has 3 N–H and O–H groups in total. The van der Waals surface area contributed by atoms with Gasteiger partial charge in [-0.1, -0.05) is 26.0 Å². The van der Waals surface area contributed by atoms with Crippen molar-refractivity contribution in [2.24, 2.45) is 11.7 Å². The molecule has 0 unspecified atom stereocenters. The van der Waals surface area contributed by atoms with E-state index in [0.29, 0.717) is 12.5 Å². The van der Waals surface area contributed by atoms with Crippen molar-refractivity contribution in [3.63, 3.8) is 0 Å². The van der Waals surface area contributed by atoms with Crippen molar-refractivity contribution < 1.29 is 9.53 Å². The van der Waals surface area contributed by atoms with Crippen LogP contribution in [0.15, 0.2) is 18.2 Å². The predicted molar refractivity (Wildman–Crippen MR) is 77.1 cm³/mol. The third-order valence-electron chi connectivity index (χ3n) is 2.79. The van der Waals surface area contributed by atoms with Crippen molar-refractivity contribution in [3.05, 3.63) is 29.3 Å². The van der Waals surface area contributed by atoms with Crippen LogP contribution >= 0.6 is 0 Å². The fourth-order valence-electron chi connectivity index (χ4n) is 1.63. The molecule has 0 aliphatic heterocycles. The Morgan fingerprint density at radius 2 is 2.05 bits per heavy atom. The molecule has 0 radical (unpaired) electrons. The second kappa shape index (κ2) is 7.14. The number of carbonyl (C=O) groups is 1. The van der Waals surface area contributed by atoms with Crippen molar-refractivity contribution in [3.8, 4) is 5.75 Å². The molecule has 0 spiro atoms. The van der Waals surface area contributed by atoms with Crippen LogP contribution in [-0.2, 0) is 4.79 Å². The van der Waals surface area contributed by atoms with Gasteiger partial charge in [-0.2, -0.15) is 0 Å². The van der Waals surface area contributed by atoms with Gasteiger partial charge in [-0.25, -0.2) is 0 Å². The Hall–Kier alpha value is -1.55. The third-order valence-corrected chi connectivity index (χ3v) is 2.79. The van der Waals surface area contributed by atoms with E-state index >= 15 is 0 Å². The average Bonchev–Trinajstić information content (AvgIpc) is 2.34. The molecule has 106 valence electrons. The molecule has 1 atom stereocenters. The number of carbonyl (C=O) groups excluding carboxylic acids is 1. The summed E-state index contributed by atoms with van der Waals surface area (Å²) >= 11 is 0. The van der Waals surface area contributed by atoms with Gasteiger partial charge in [0, 0.05) is 12.6 Å². The molecule has 0 fully saturated rings. The molecule has 0 aromatic heterocycles. The van der Waals surface area contributed by atoms with Gasteiger partial charge in [0.05, 0.1) is 0 Å². The molecular weight excluding hydrogens is 240 g/mol. The van der Waals surface area contributed by atoms with E-state index < -0.39 is 0 Å². The van der Waals surface area contributed by atoms with Gasteiger partial charge >= 0.3 is 0 Å². The zero-order valence-corrected chi connectivity index (χ0v) is 12.2. The molecule has 0 aliphatic carbocycles. The molecule has 19 heavy (non-hydrogen) atoms. The largest absolute Gasteiger partial charge is 0.484 e. The molecule has 1 amide bonds. The first kappa shape index (κ1) is 15.5. The Kier molecular flexibility index (Phi) is 5.83.